The number of nitrogens with one attached hydrogen (secondary N) is 1. The van der Waals surface area contributed by atoms with Crippen LogP contribution in [0.3, 0.4) is 0 Å². The van der Waals surface area contributed by atoms with Gasteiger partial charge in [-0.25, -0.2) is 0 Å². The summed E-state index contributed by atoms with van der Waals surface area (Å²) in [6.45, 7) is 9.16. The lowest BCUT2D eigenvalue weighted by molar-refractivity contribution is 0.0929. The van der Waals surface area contributed by atoms with E-state index in [0.717, 1.165) is 29.7 Å². The number of thioether (sulfide) groups is 1. The summed E-state index contributed by atoms with van der Waals surface area (Å²) >= 11 is 7.89. The first-order valence-corrected chi connectivity index (χ1v) is 11.9. The first-order valence-electron chi connectivity index (χ1n) is 10.6. The highest BCUT2D eigenvalue weighted by Crippen LogP contribution is 2.27. The number of carbonyl (C=O) groups is 1. The van der Waals surface area contributed by atoms with Gasteiger partial charge in [0.25, 0.3) is 5.91 Å². The third-order valence-corrected chi connectivity index (χ3v) is 6.36. The van der Waals surface area contributed by atoms with Crippen molar-refractivity contribution in [2.24, 2.45) is 5.92 Å². The molecular formula is C24H29ClN4OS. The number of rotatable bonds is 9. The van der Waals surface area contributed by atoms with Crippen molar-refractivity contribution in [2.45, 2.75) is 57.6 Å². The molecule has 5 nitrogen and oxygen atoms in total. The van der Waals surface area contributed by atoms with E-state index < -0.39 is 0 Å². The van der Waals surface area contributed by atoms with Crippen LogP contribution in [0.1, 0.15) is 60.5 Å². The molecule has 1 atom stereocenters. The Morgan fingerprint density at radius 1 is 1.13 bits per heavy atom. The molecule has 0 fully saturated rings. The molecule has 0 aliphatic heterocycles. The maximum absolute atomic E-state index is 12.9. The highest BCUT2D eigenvalue weighted by atomic mass is 35.5. The van der Waals surface area contributed by atoms with Gasteiger partial charge in [-0.3, -0.25) is 4.79 Å². The van der Waals surface area contributed by atoms with Crippen molar-refractivity contribution in [3.05, 3.63) is 76.1 Å². The Morgan fingerprint density at radius 3 is 2.48 bits per heavy atom. The predicted octanol–water partition coefficient (Wildman–Crippen LogP) is 6.07. The van der Waals surface area contributed by atoms with Gasteiger partial charge in [-0.05, 0) is 43.9 Å². The number of nitrogens with zero attached hydrogens (tertiary/aromatic N) is 3. The molecule has 0 radical (unpaired) electrons. The Bertz CT molecular complexity index is 1020. The van der Waals surface area contributed by atoms with Gasteiger partial charge in [0.1, 0.15) is 0 Å². The summed E-state index contributed by atoms with van der Waals surface area (Å²) in [5.41, 5.74) is 2.96. The Balaban J connectivity index is 1.81. The number of aromatic nitrogens is 3. The number of amides is 1. The van der Waals surface area contributed by atoms with Crippen LogP contribution in [0.25, 0.3) is 0 Å². The number of aryl methyl sites for hydroxylation is 1. The third kappa shape index (κ3) is 6.11. The smallest absolute Gasteiger partial charge is 0.253 e. The van der Waals surface area contributed by atoms with Crippen LogP contribution in [0.15, 0.2) is 53.7 Å². The number of hydrogen-bond donors (Lipinski definition) is 1. The first kappa shape index (κ1) is 23.4. The van der Waals surface area contributed by atoms with E-state index in [9.17, 15) is 4.79 Å². The number of halogens is 1. The van der Waals surface area contributed by atoms with Crippen LogP contribution < -0.4 is 5.32 Å². The second-order valence-electron chi connectivity index (χ2n) is 7.99. The zero-order valence-corrected chi connectivity index (χ0v) is 20.0. The highest BCUT2D eigenvalue weighted by Gasteiger charge is 2.25. The summed E-state index contributed by atoms with van der Waals surface area (Å²) in [7, 11) is 0. The molecule has 0 bridgehead atoms. The number of benzene rings is 2. The fraction of sp³-hybridized carbons (Fsp3) is 0.375. The second kappa shape index (κ2) is 10.8. The van der Waals surface area contributed by atoms with Crippen LogP contribution in [-0.2, 0) is 12.3 Å². The molecule has 0 spiro atoms. The fourth-order valence-electron chi connectivity index (χ4n) is 3.38. The van der Waals surface area contributed by atoms with Gasteiger partial charge in [0.05, 0.1) is 16.6 Å². The third-order valence-electron chi connectivity index (χ3n) is 4.99. The largest absolute Gasteiger partial charge is 0.342 e. The van der Waals surface area contributed by atoms with Crippen LogP contribution in [0, 0.1) is 12.8 Å². The molecule has 0 aliphatic rings. The van der Waals surface area contributed by atoms with Gasteiger partial charge >= 0.3 is 0 Å². The summed E-state index contributed by atoms with van der Waals surface area (Å²) in [6.07, 6.45) is 0.761. The molecule has 3 aromatic rings. The van der Waals surface area contributed by atoms with Crippen LogP contribution in [0.2, 0.25) is 5.02 Å². The lowest BCUT2D eigenvalue weighted by Crippen LogP contribution is -2.31. The monoisotopic (exact) mass is 456 g/mol. The van der Waals surface area contributed by atoms with Gasteiger partial charge in [-0.1, -0.05) is 79.2 Å². The Hall–Kier alpha value is -2.31. The van der Waals surface area contributed by atoms with Crippen LogP contribution in [0.4, 0.5) is 0 Å². The van der Waals surface area contributed by atoms with E-state index in [1.807, 2.05) is 12.1 Å². The molecule has 7 heteroatoms. The minimum absolute atomic E-state index is 0.198. The predicted molar refractivity (Wildman–Crippen MR) is 128 cm³/mol. The van der Waals surface area contributed by atoms with Gasteiger partial charge in [-0.15, -0.1) is 10.2 Å². The van der Waals surface area contributed by atoms with Gasteiger partial charge < -0.3 is 9.88 Å². The van der Waals surface area contributed by atoms with Gasteiger partial charge in [0, 0.05) is 12.3 Å². The average Bonchev–Trinajstić information content (AvgIpc) is 3.15. The van der Waals surface area contributed by atoms with E-state index in [2.05, 4.69) is 72.0 Å². The van der Waals surface area contributed by atoms with Crippen molar-refractivity contribution in [3.8, 4) is 0 Å². The summed E-state index contributed by atoms with van der Waals surface area (Å²) in [5.74, 6) is 1.78. The van der Waals surface area contributed by atoms with Crippen LogP contribution >= 0.6 is 23.4 Å². The molecule has 1 heterocycles. The summed E-state index contributed by atoms with van der Waals surface area (Å²) in [5, 5.41) is 13.4. The van der Waals surface area contributed by atoms with Crippen molar-refractivity contribution in [1.82, 2.24) is 20.1 Å². The Kier molecular flexibility index (Phi) is 8.15. The van der Waals surface area contributed by atoms with Crippen molar-refractivity contribution in [2.75, 3.05) is 0 Å². The minimum atomic E-state index is -0.245. The Morgan fingerprint density at radius 2 is 1.84 bits per heavy atom. The fourth-order valence-corrected chi connectivity index (χ4v) is 4.56. The molecule has 0 saturated carbocycles. The van der Waals surface area contributed by atoms with Crippen molar-refractivity contribution in [3.63, 3.8) is 0 Å². The zero-order valence-electron chi connectivity index (χ0n) is 18.4. The molecule has 3 rings (SSSR count). The van der Waals surface area contributed by atoms with E-state index in [-0.39, 0.29) is 11.9 Å². The van der Waals surface area contributed by atoms with Crippen molar-refractivity contribution in [1.29, 1.82) is 0 Å². The maximum atomic E-state index is 12.9. The number of hydrogen-bond acceptors (Lipinski definition) is 4. The molecule has 1 N–H and O–H groups in total. The Labute approximate surface area is 193 Å². The second-order valence-corrected chi connectivity index (χ2v) is 9.34. The molecule has 0 unspecified atom stereocenters. The van der Waals surface area contributed by atoms with Crippen LogP contribution in [-0.4, -0.2) is 20.7 Å². The van der Waals surface area contributed by atoms with E-state index in [1.54, 1.807) is 23.9 Å². The normalized spacial score (nSPS) is 12.2. The van der Waals surface area contributed by atoms with E-state index in [1.165, 1.54) is 11.1 Å². The lowest BCUT2D eigenvalue weighted by atomic mass is 10.0. The van der Waals surface area contributed by atoms with Gasteiger partial charge in [-0.2, -0.15) is 0 Å². The van der Waals surface area contributed by atoms with Crippen molar-refractivity contribution >= 4 is 29.3 Å². The quantitative estimate of drug-likeness (QED) is 0.397. The molecule has 1 aromatic heterocycles. The lowest BCUT2D eigenvalue weighted by Gasteiger charge is -2.21. The van der Waals surface area contributed by atoms with Crippen LogP contribution in [0.5, 0.6) is 0 Å². The van der Waals surface area contributed by atoms with E-state index >= 15 is 0 Å². The molecule has 1 amide bonds. The average molecular weight is 457 g/mol. The van der Waals surface area contributed by atoms with E-state index in [4.69, 9.17) is 11.6 Å². The molecule has 164 valence electrons. The first-order chi connectivity index (χ1) is 14.9. The highest BCUT2D eigenvalue weighted by molar-refractivity contribution is 7.98. The minimum Gasteiger partial charge on any atom is -0.342 e. The summed E-state index contributed by atoms with van der Waals surface area (Å²) in [6, 6.07) is 15.4. The topological polar surface area (TPSA) is 59.8 Å². The molecule has 0 aliphatic carbocycles. The summed E-state index contributed by atoms with van der Waals surface area (Å²) < 4.78 is 2.10. The zero-order chi connectivity index (χ0) is 22.4. The molecule has 31 heavy (non-hydrogen) atoms. The van der Waals surface area contributed by atoms with E-state index in [0.29, 0.717) is 16.5 Å². The van der Waals surface area contributed by atoms with Gasteiger partial charge in [0.2, 0.25) is 0 Å². The van der Waals surface area contributed by atoms with Crippen molar-refractivity contribution < 1.29 is 4.79 Å². The van der Waals surface area contributed by atoms with Gasteiger partial charge in [0.15, 0.2) is 11.0 Å². The SMILES string of the molecule is CCn1c(SCc2ccc(C)cc2)nnc1[C@H](CC(C)C)NC(=O)c1ccccc1Cl. The molecule has 2 aromatic carbocycles. The maximum Gasteiger partial charge on any atom is 0.253 e. The summed E-state index contributed by atoms with van der Waals surface area (Å²) in [4.78, 5) is 12.9. The molecular weight excluding hydrogens is 428 g/mol. The number of carbonyl (C=O) groups excluding carboxylic acids is 1. The molecule has 0 saturated heterocycles. The standard InChI is InChI=1S/C24H29ClN4OS/c1-5-29-22(27-28-24(29)31-15-18-12-10-17(4)11-13-18)21(14-16(2)3)26-23(30)19-8-6-7-9-20(19)25/h6-13,16,21H,5,14-15H2,1-4H3,(H,26,30)/t21-/m0/s1.